The average Bonchev–Trinajstić information content (AvgIpc) is 2.15. The smallest absolute Gasteiger partial charge is 0.280 e. The highest BCUT2D eigenvalue weighted by atomic mass is 79.9. The predicted octanol–water partition coefficient (Wildman–Crippen LogP) is 3.50. The molecular formula is C9H6BrF2NO3. The molecule has 0 unspecified atom stereocenters. The van der Waals surface area contributed by atoms with Crippen molar-refractivity contribution in [3.63, 3.8) is 0 Å². The third-order valence-corrected chi connectivity index (χ3v) is 2.59. The summed E-state index contributed by atoms with van der Waals surface area (Å²) >= 11 is 2.80. The number of rotatable bonds is 3. The highest BCUT2D eigenvalue weighted by Gasteiger charge is 2.26. The Morgan fingerprint density at radius 3 is 2.44 bits per heavy atom. The van der Waals surface area contributed by atoms with E-state index in [0.717, 1.165) is 12.1 Å². The Morgan fingerprint density at radius 2 is 2.06 bits per heavy atom. The molecule has 86 valence electrons. The Labute approximate surface area is 97.5 Å². The maximum atomic E-state index is 12.6. The minimum absolute atomic E-state index is 0.0166. The minimum Gasteiger partial charge on any atom is -0.295 e. The van der Waals surface area contributed by atoms with Crippen LogP contribution in [-0.2, 0) is 0 Å². The van der Waals surface area contributed by atoms with Crippen LogP contribution in [0.5, 0.6) is 0 Å². The summed E-state index contributed by atoms with van der Waals surface area (Å²) in [4.78, 5) is 20.7. The number of hydrogen-bond acceptors (Lipinski definition) is 3. The summed E-state index contributed by atoms with van der Waals surface area (Å²) in [6, 6.07) is 2.01. The summed E-state index contributed by atoms with van der Waals surface area (Å²) in [5.41, 5.74) is -1.45. The van der Waals surface area contributed by atoms with Gasteiger partial charge in [0.15, 0.2) is 5.78 Å². The monoisotopic (exact) mass is 293 g/mol. The molecule has 1 aromatic carbocycles. The van der Waals surface area contributed by atoms with E-state index in [-0.39, 0.29) is 10.0 Å². The number of halogens is 3. The number of nitro groups is 1. The van der Waals surface area contributed by atoms with Crippen molar-refractivity contribution < 1.29 is 18.5 Å². The van der Waals surface area contributed by atoms with E-state index < -0.39 is 28.4 Å². The van der Waals surface area contributed by atoms with Gasteiger partial charge in [0.1, 0.15) is 5.56 Å². The van der Waals surface area contributed by atoms with Gasteiger partial charge in [0.05, 0.1) is 4.92 Å². The zero-order valence-electron chi connectivity index (χ0n) is 8.04. The van der Waals surface area contributed by atoms with Crippen LogP contribution in [0.25, 0.3) is 0 Å². The predicted molar refractivity (Wildman–Crippen MR) is 55.8 cm³/mol. The van der Waals surface area contributed by atoms with Crippen LogP contribution in [0, 0.1) is 10.1 Å². The molecule has 0 N–H and O–H groups in total. The van der Waals surface area contributed by atoms with Gasteiger partial charge in [-0.1, -0.05) is 15.9 Å². The summed E-state index contributed by atoms with van der Waals surface area (Å²) in [6.07, 6.45) is -2.98. The maximum Gasteiger partial charge on any atom is 0.280 e. The summed E-state index contributed by atoms with van der Waals surface area (Å²) in [5.74, 6) is -0.426. The van der Waals surface area contributed by atoms with Gasteiger partial charge in [0.25, 0.3) is 12.1 Å². The Balaban J connectivity index is 3.52. The van der Waals surface area contributed by atoms with Crippen LogP contribution in [0.3, 0.4) is 0 Å². The van der Waals surface area contributed by atoms with Crippen molar-refractivity contribution in [2.45, 2.75) is 13.3 Å². The summed E-state index contributed by atoms with van der Waals surface area (Å²) in [7, 11) is 0. The molecule has 0 aliphatic carbocycles. The van der Waals surface area contributed by atoms with Gasteiger partial charge in [0.2, 0.25) is 0 Å². The summed E-state index contributed by atoms with van der Waals surface area (Å²) in [5, 5.41) is 10.6. The molecule has 0 spiro atoms. The quantitative estimate of drug-likeness (QED) is 0.487. The van der Waals surface area contributed by atoms with Gasteiger partial charge >= 0.3 is 0 Å². The van der Waals surface area contributed by atoms with Gasteiger partial charge in [-0.05, 0) is 13.0 Å². The van der Waals surface area contributed by atoms with Gasteiger partial charge in [-0.3, -0.25) is 14.9 Å². The molecule has 7 heteroatoms. The third-order valence-electron chi connectivity index (χ3n) is 1.93. The number of ketones is 1. The minimum atomic E-state index is -2.98. The molecule has 0 atom stereocenters. The number of hydrogen-bond donors (Lipinski definition) is 0. The number of benzene rings is 1. The van der Waals surface area contributed by atoms with Crippen molar-refractivity contribution in [1.29, 1.82) is 0 Å². The van der Waals surface area contributed by atoms with Crippen molar-refractivity contribution in [1.82, 2.24) is 0 Å². The first-order valence-electron chi connectivity index (χ1n) is 4.11. The topological polar surface area (TPSA) is 60.2 Å². The molecular weight excluding hydrogens is 288 g/mol. The largest absolute Gasteiger partial charge is 0.295 e. The zero-order valence-corrected chi connectivity index (χ0v) is 9.62. The van der Waals surface area contributed by atoms with E-state index in [4.69, 9.17) is 0 Å². The second kappa shape index (κ2) is 4.65. The van der Waals surface area contributed by atoms with Crippen LogP contribution in [0.15, 0.2) is 16.6 Å². The molecule has 0 bridgehead atoms. The normalized spacial score (nSPS) is 10.6. The van der Waals surface area contributed by atoms with Crippen LogP contribution in [-0.4, -0.2) is 10.7 Å². The fourth-order valence-corrected chi connectivity index (χ4v) is 1.80. The fourth-order valence-electron chi connectivity index (χ4n) is 1.17. The van der Waals surface area contributed by atoms with Crippen molar-refractivity contribution in [2.75, 3.05) is 0 Å². The van der Waals surface area contributed by atoms with Crippen molar-refractivity contribution >= 4 is 27.4 Å². The lowest BCUT2D eigenvalue weighted by molar-refractivity contribution is -0.386. The molecule has 0 aliphatic rings. The fraction of sp³-hybridized carbons (Fsp3) is 0.222. The van der Waals surface area contributed by atoms with E-state index in [1.807, 2.05) is 0 Å². The SMILES string of the molecule is CC(=O)c1cc(Br)c(C(F)F)c([N+](=O)[O-])c1. The zero-order chi connectivity index (χ0) is 12.5. The molecule has 0 saturated heterocycles. The first-order chi connectivity index (χ1) is 7.34. The number of carbonyl (C=O) groups excluding carboxylic acids is 1. The molecule has 4 nitrogen and oxygen atoms in total. The first kappa shape index (κ1) is 12.7. The van der Waals surface area contributed by atoms with Crippen LogP contribution >= 0.6 is 15.9 Å². The number of Topliss-reactive ketones (excluding diaryl/α,β-unsaturated/α-hetero) is 1. The Morgan fingerprint density at radius 1 is 1.50 bits per heavy atom. The van der Waals surface area contributed by atoms with E-state index in [1.54, 1.807) is 0 Å². The number of nitrogens with zero attached hydrogens (tertiary/aromatic N) is 1. The van der Waals surface area contributed by atoms with Gasteiger partial charge in [-0.25, -0.2) is 8.78 Å². The van der Waals surface area contributed by atoms with Gasteiger partial charge in [-0.2, -0.15) is 0 Å². The average molecular weight is 294 g/mol. The van der Waals surface area contributed by atoms with Crippen LogP contribution in [0.2, 0.25) is 0 Å². The second-order valence-electron chi connectivity index (χ2n) is 3.00. The summed E-state index contributed by atoms with van der Waals surface area (Å²) in [6.45, 7) is 1.20. The van der Waals surface area contributed by atoms with Gasteiger partial charge < -0.3 is 0 Å². The number of alkyl halides is 2. The van der Waals surface area contributed by atoms with Crippen LogP contribution in [0.1, 0.15) is 29.3 Å². The molecule has 0 amide bonds. The van der Waals surface area contributed by atoms with E-state index in [9.17, 15) is 23.7 Å². The molecule has 1 rings (SSSR count). The molecule has 0 fully saturated rings. The maximum absolute atomic E-state index is 12.6. The third kappa shape index (κ3) is 2.41. The molecule has 1 aromatic rings. The van der Waals surface area contributed by atoms with Crippen molar-refractivity contribution in [3.8, 4) is 0 Å². The molecule has 0 heterocycles. The molecule has 0 saturated carbocycles. The van der Waals surface area contributed by atoms with Crippen LogP contribution in [0.4, 0.5) is 14.5 Å². The lowest BCUT2D eigenvalue weighted by Gasteiger charge is -2.06. The standard InChI is InChI=1S/C9H6BrF2NO3/c1-4(14)5-2-6(10)8(9(11)12)7(3-5)13(15)16/h2-3,9H,1H3. The molecule has 0 aromatic heterocycles. The van der Waals surface area contributed by atoms with E-state index in [1.165, 1.54) is 6.92 Å². The second-order valence-corrected chi connectivity index (χ2v) is 3.86. The number of carbonyl (C=O) groups is 1. The van der Waals surface area contributed by atoms with E-state index in [2.05, 4.69) is 15.9 Å². The van der Waals surface area contributed by atoms with Crippen molar-refractivity contribution in [2.24, 2.45) is 0 Å². The first-order valence-corrected chi connectivity index (χ1v) is 4.90. The number of nitro benzene ring substituents is 1. The van der Waals surface area contributed by atoms with Crippen molar-refractivity contribution in [3.05, 3.63) is 37.8 Å². The van der Waals surface area contributed by atoms with Gasteiger partial charge in [-0.15, -0.1) is 0 Å². The van der Waals surface area contributed by atoms with Crippen LogP contribution < -0.4 is 0 Å². The summed E-state index contributed by atoms with van der Waals surface area (Å²) < 4.78 is 25.0. The Bertz CT molecular complexity index is 462. The lowest BCUT2D eigenvalue weighted by atomic mass is 10.1. The highest BCUT2D eigenvalue weighted by molar-refractivity contribution is 9.10. The lowest BCUT2D eigenvalue weighted by Crippen LogP contribution is -2.01. The molecule has 0 aliphatic heterocycles. The van der Waals surface area contributed by atoms with E-state index in [0.29, 0.717) is 0 Å². The Hall–Kier alpha value is -1.37. The van der Waals surface area contributed by atoms with E-state index >= 15 is 0 Å². The molecule has 0 radical (unpaired) electrons. The highest BCUT2D eigenvalue weighted by Crippen LogP contribution is 2.36. The molecule has 16 heavy (non-hydrogen) atoms. The Kier molecular flexibility index (Phi) is 3.69. The van der Waals surface area contributed by atoms with Gasteiger partial charge in [0, 0.05) is 16.1 Å².